The quantitative estimate of drug-likeness (QED) is 0.376. The van der Waals surface area contributed by atoms with Gasteiger partial charge in [-0.2, -0.15) is 0 Å². The molecular weight excluding hydrogens is 262 g/mol. The largest absolute Gasteiger partial charge is 0.340 e. The lowest BCUT2D eigenvalue weighted by Crippen LogP contribution is -2.46. The van der Waals surface area contributed by atoms with Gasteiger partial charge in [-0.05, 0) is 44.5 Å². The van der Waals surface area contributed by atoms with Crippen LogP contribution in [0.4, 0.5) is 5.69 Å². The van der Waals surface area contributed by atoms with Crippen LogP contribution in [0.25, 0.3) is 0 Å². The number of hydrogen-bond acceptors (Lipinski definition) is 3. The first-order valence-electron chi connectivity index (χ1n) is 7.96. The van der Waals surface area contributed by atoms with Crippen LogP contribution in [-0.4, -0.2) is 48.0 Å². The van der Waals surface area contributed by atoms with Crippen LogP contribution in [0, 0.1) is 0 Å². The fourth-order valence-corrected chi connectivity index (χ4v) is 3.33. The standard InChI is InChI=1S/C16H25N5/c17-19-16(18-14-7-3-1-4-8-14)21-12-9-15(13-21)20-10-5-2-6-11-20/h1,3-4,7-8,15H,2,5-6,9-13,17H2,(H,18,19). The highest BCUT2D eigenvalue weighted by atomic mass is 15.4. The summed E-state index contributed by atoms with van der Waals surface area (Å²) in [5.74, 6) is 6.47. The minimum atomic E-state index is 0.652. The molecule has 3 N–H and O–H groups in total. The third-order valence-electron chi connectivity index (χ3n) is 4.49. The van der Waals surface area contributed by atoms with Crippen LogP contribution >= 0.6 is 0 Å². The average Bonchev–Trinajstić information content (AvgIpc) is 3.04. The smallest absolute Gasteiger partial charge is 0.213 e. The van der Waals surface area contributed by atoms with Crippen LogP contribution in [0.1, 0.15) is 25.7 Å². The van der Waals surface area contributed by atoms with Crippen LogP contribution < -0.4 is 11.3 Å². The topological polar surface area (TPSA) is 56.9 Å². The van der Waals surface area contributed by atoms with E-state index < -0.39 is 0 Å². The summed E-state index contributed by atoms with van der Waals surface area (Å²) in [6, 6.07) is 10.6. The van der Waals surface area contributed by atoms with Gasteiger partial charge in [0.15, 0.2) is 0 Å². The third-order valence-corrected chi connectivity index (χ3v) is 4.49. The van der Waals surface area contributed by atoms with Gasteiger partial charge < -0.3 is 4.90 Å². The number of piperidine rings is 1. The van der Waals surface area contributed by atoms with Crippen LogP contribution in [0.5, 0.6) is 0 Å². The number of hydrazine groups is 1. The molecule has 114 valence electrons. The van der Waals surface area contributed by atoms with Gasteiger partial charge in [-0.25, -0.2) is 10.8 Å². The Morgan fingerprint density at radius 2 is 1.86 bits per heavy atom. The first-order valence-corrected chi connectivity index (χ1v) is 7.96. The summed E-state index contributed by atoms with van der Waals surface area (Å²) in [5.41, 5.74) is 3.71. The highest BCUT2D eigenvalue weighted by Gasteiger charge is 2.29. The van der Waals surface area contributed by atoms with Crippen molar-refractivity contribution >= 4 is 11.6 Å². The molecular formula is C16H25N5. The van der Waals surface area contributed by atoms with E-state index in [-0.39, 0.29) is 0 Å². The summed E-state index contributed by atoms with van der Waals surface area (Å²) in [4.78, 5) is 9.54. The van der Waals surface area contributed by atoms with Crippen LogP contribution in [0.2, 0.25) is 0 Å². The lowest BCUT2D eigenvalue weighted by molar-refractivity contribution is 0.168. The molecule has 0 aliphatic carbocycles. The minimum absolute atomic E-state index is 0.652. The van der Waals surface area contributed by atoms with Crippen molar-refractivity contribution in [2.75, 3.05) is 26.2 Å². The second kappa shape index (κ2) is 6.91. The molecule has 0 radical (unpaired) electrons. The van der Waals surface area contributed by atoms with Crippen molar-refractivity contribution in [3.8, 4) is 0 Å². The van der Waals surface area contributed by atoms with Crippen molar-refractivity contribution in [3.05, 3.63) is 30.3 Å². The number of nitrogens with two attached hydrogens (primary N) is 1. The van der Waals surface area contributed by atoms with Gasteiger partial charge in [0.25, 0.3) is 0 Å². The van der Waals surface area contributed by atoms with Crippen LogP contribution in [0.3, 0.4) is 0 Å². The zero-order chi connectivity index (χ0) is 14.5. The second-order valence-electron chi connectivity index (χ2n) is 5.90. The van der Waals surface area contributed by atoms with E-state index in [1.54, 1.807) is 0 Å². The normalized spacial score (nSPS) is 24.3. The van der Waals surface area contributed by atoms with Gasteiger partial charge in [-0.1, -0.05) is 24.6 Å². The van der Waals surface area contributed by atoms with Crippen LogP contribution in [0.15, 0.2) is 35.3 Å². The number of nitrogens with zero attached hydrogens (tertiary/aromatic N) is 3. The molecule has 1 aromatic rings. The van der Waals surface area contributed by atoms with E-state index in [9.17, 15) is 0 Å². The predicted octanol–water partition coefficient (Wildman–Crippen LogP) is 1.70. The molecule has 2 heterocycles. The minimum Gasteiger partial charge on any atom is -0.340 e. The van der Waals surface area contributed by atoms with Gasteiger partial charge in [0.2, 0.25) is 5.96 Å². The Bertz CT molecular complexity index is 467. The van der Waals surface area contributed by atoms with Gasteiger partial charge in [0.1, 0.15) is 0 Å². The summed E-state index contributed by atoms with van der Waals surface area (Å²) in [6.45, 7) is 4.55. The molecule has 0 amide bonds. The van der Waals surface area contributed by atoms with Gasteiger partial charge in [0.05, 0.1) is 5.69 Å². The summed E-state index contributed by atoms with van der Waals surface area (Å²) >= 11 is 0. The number of rotatable bonds is 2. The zero-order valence-corrected chi connectivity index (χ0v) is 12.5. The molecule has 2 saturated heterocycles. The fourth-order valence-electron chi connectivity index (χ4n) is 3.33. The number of aliphatic imine (C=N–C) groups is 1. The Kier molecular flexibility index (Phi) is 4.72. The number of hydrogen-bond donors (Lipinski definition) is 2. The van der Waals surface area contributed by atoms with Crippen molar-refractivity contribution < 1.29 is 0 Å². The molecule has 0 saturated carbocycles. The van der Waals surface area contributed by atoms with Crippen LogP contribution in [-0.2, 0) is 0 Å². The molecule has 3 rings (SSSR count). The van der Waals surface area contributed by atoms with E-state index in [1.165, 1.54) is 38.8 Å². The highest BCUT2D eigenvalue weighted by Crippen LogP contribution is 2.21. The van der Waals surface area contributed by atoms with Gasteiger partial charge in [-0.15, -0.1) is 0 Å². The molecule has 0 aromatic heterocycles. The maximum atomic E-state index is 5.69. The van der Waals surface area contributed by atoms with Gasteiger partial charge in [0, 0.05) is 19.1 Å². The molecule has 2 aliphatic rings. The maximum absolute atomic E-state index is 5.69. The summed E-state index contributed by atoms with van der Waals surface area (Å²) in [6.07, 6.45) is 5.28. The lowest BCUT2D eigenvalue weighted by Gasteiger charge is -2.32. The Morgan fingerprint density at radius 3 is 2.57 bits per heavy atom. The molecule has 1 atom stereocenters. The molecule has 0 spiro atoms. The first-order chi connectivity index (χ1) is 10.4. The molecule has 5 nitrogen and oxygen atoms in total. The summed E-state index contributed by atoms with van der Waals surface area (Å²) < 4.78 is 0. The molecule has 0 bridgehead atoms. The maximum Gasteiger partial charge on any atom is 0.213 e. The van der Waals surface area contributed by atoms with Crippen molar-refractivity contribution in [3.63, 3.8) is 0 Å². The lowest BCUT2D eigenvalue weighted by atomic mass is 10.1. The van der Waals surface area contributed by atoms with Crippen molar-refractivity contribution in [2.24, 2.45) is 10.8 Å². The highest BCUT2D eigenvalue weighted by molar-refractivity contribution is 5.82. The molecule has 2 aliphatic heterocycles. The van der Waals surface area contributed by atoms with E-state index >= 15 is 0 Å². The Balaban J connectivity index is 1.64. The van der Waals surface area contributed by atoms with Crippen molar-refractivity contribution in [1.82, 2.24) is 15.2 Å². The third kappa shape index (κ3) is 3.54. The number of benzene rings is 1. The molecule has 21 heavy (non-hydrogen) atoms. The van der Waals surface area contributed by atoms with E-state index in [2.05, 4.69) is 20.2 Å². The second-order valence-corrected chi connectivity index (χ2v) is 5.90. The zero-order valence-electron chi connectivity index (χ0n) is 12.5. The summed E-state index contributed by atoms with van der Waals surface area (Å²) in [7, 11) is 0. The Labute approximate surface area is 126 Å². The van der Waals surface area contributed by atoms with Crippen molar-refractivity contribution in [1.29, 1.82) is 0 Å². The molecule has 2 fully saturated rings. The van der Waals surface area contributed by atoms with Gasteiger partial charge >= 0.3 is 0 Å². The average molecular weight is 287 g/mol. The summed E-state index contributed by atoms with van der Waals surface area (Å²) in [5, 5.41) is 0. The number of guanidine groups is 1. The Morgan fingerprint density at radius 1 is 1.10 bits per heavy atom. The Hall–Kier alpha value is -1.59. The van der Waals surface area contributed by atoms with E-state index in [0.717, 1.165) is 24.7 Å². The van der Waals surface area contributed by atoms with E-state index in [1.807, 2.05) is 30.3 Å². The number of nitrogens with one attached hydrogen (secondary N) is 1. The SMILES string of the molecule is NNC(=Nc1ccccc1)N1CCC(N2CCCCC2)C1. The number of para-hydroxylation sites is 1. The van der Waals surface area contributed by atoms with Crippen molar-refractivity contribution in [2.45, 2.75) is 31.7 Å². The monoisotopic (exact) mass is 287 g/mol. The predicted molar refractivity (Wildman–Crippen MR) is 86.3 cm³/mol. The van der Waals surface area contributed by atoms with Gasteiger partial charge in [-0.3, -0.25) is 10.3 Å². The first kappa shape index (κ1) is 14.4. The molecule has 5 heteroatoms. The molecule has 1 unspecified atom stereocenters. The fraction of sp³-hybridized carbons (Fsp3) is 0.562. The van der Waals surface area contributed by atoms with E-state index in [4.69, 9.17) is 5.84 Å². The number of likely N-dealkylation sites (tertiary alicyclic amines) is 2. The molecule has 1 aromatic carbocycles. The van der Waals surface area contributed by atoms with E-state index in [0.29, 0.717) is 6.04 Å².